The lowest BCUT2D eigenvalue weighted by Crippen LogP contribution is -2.66. The zero-order chi connectivity index (χ0) is 11.7. The molecule has 15 heavy (non-hydrogen) atoms. The van der Waals surface area contributed by atoms with E-state index in [4.69, 9.17) is 5.73 Å². The van der Waals surface area contributed by atoms with Gasteiger partial charge >= 0.3 is 6.18 Å². The van der Waals surface area contributed by atoms with E-state index in [2.05, 4.69) is 0 Å². The van der Waals surface area contributed by atoms with Gasteiger partial charge in [0.25, 0.3) is 0 Å². The molecule has 0 saturated carbocycles. The van der Waals surface area contributed by atoms with E-state index in [1.807, 2.05) is 6.92 Å². The van der Waals surface area contributed by atoms with Gasteiger partial charge < -0.3 is 11.1 Å². The minimum Gasteiger partial charge on any atom is -0.346 e. The summed E-state index contributed by atoms with van der Waals surface area (Å²) in [4.78, 5) is 12.7. The summed E-state index contributed by atoms with van der Waals surface area (Å²) in [7, 11) is 0. The lowest BCUT2D eigenvalue weighted by molar-refractivity contribution is -0.140. The normalized spacial score (nSPS) is 20.9. The first-order chi connectivity index (χ1) is 6.68. The van der Waals surface area contributed by atoms with Crippen LogP contribution in [0.15, 0.2) is 0 Å². The minimum atomic E-state index is -4.35. The average molecular weight is 225 g/mol. The first-order valence-corrected chi connectivity index (χ1v) is 4.53. The molecule has 0 aromatic heterocycles. The van der Waals surface area contributed by atoms with Crippen LogP contribution in [0.4, 0.5) is 13.2 Å². The Morgan fingerprint density at radius 3 is 2.47 bits per heavy atom. The van der Waals surface area contributed by atoms with Gasteiger partial charge in [0.1, 0.15) is 6.54 Å². The topological polar surface area (TPSA) is 58.4 Å². The van der Waals surface area contributed by atoms with Crippen molar-refractivity contribution in [2.24, 2.45) is 5.73 Å². The monoisotopic (exact) mass is 225 g/mol. The third kappa shape index (κ3) is 4.48. The van der Waals surface area contributed by atoms with Gasteiger partial charge in [-0.15, -0.1) is 0 Å². The maximum absolute atomic E-state index is 11.7. The maximum atomic E-state index is 11.7. The molecule has 0 aromatic rings. The van der Waals surface area contributed by atoms with Gasteiger partial charge in [-0.05, 0) is 6.92 Å². The van der Waals surface area contributed by atoms with Gasteiger partial charge in [-0.1, -0.05) is 0 Å². The standard InChI is InChI=1S/C8H14F3N3O/c1-7(12)4-14(5-7)2-6(15)13-3-8(9,10)11/h2-5,12H2,1H3,(H,13,15). The van der Waals surface area contributed by atoms with Crippen molar-refractivity contribution in [3.63, 3.8) is 0 Å². The molecule has 0 aromatic carbocycles. The highest BCUT2D eigenvalue weighted by Gasteiger charge is 2.36. The number of nitrogens with zero attached hydrogens (tertiary/aromatic N) is 1. The van der Waals surface area contributed by atoms with Crippen molar-refractivity contribution >= 4 is 5.91 Å². The van der Waals surface area contributed by atoms with Crippen molar-refractivity contribution in [3.8, 4) is 0 Å². The number of rotatable bonds is 3. The number of carbonyl (C=O) groups is 1. The maximum Gasteiger partial charge on any atom is 0.405 e. The molecular weight excluding hydrogens is 211 g/mol. The second-order valence-corrected chi connectivity index (χ2v) is 4.19. The van der Waals surface area contributed by atoms with E-state index in [0.717, 1.165) is 0 Å². The lowest BCUT2D eigenvalue weighted by Gasteiger charge is -2.45. The molecule has 3 N–H and O–H groups in total. The van der Waals surface area contributed by atoms with E-state index >= 15 is 0 Å². The Bertz CT molecular complexity index is 244. The van der Waals surface area contributed by atoms with E-state index < -0.39 is 18.6 Å². The Labute approximate surface area is 85.6 Å². The van der Waals surface area contributed by atoms with Crippen LogP contribution in [-0.2, 0) is 4.79 Å². The van der Waals surface area contributed by atoms with Gasteiger partial charge in [0.15, 0.2) is 0 Å². The van der Waals surface area contributed by atoms with E-state index in [1.165, 1.54) is 0 Å². The molecule has 1 aliphatic heterocycles. The first-order valence-electron chi connectivity index (χ1n) is 4.53. The predicted molar refractivity (Wildman–Crippen MR) is 48.1 cm³/mol. The van der Waals surface area contributed by atoms with Gasteiger partial charge in [0.2, 0.25) is 5.91 Å². The summed E-state index contributed by atoms with van der Waals surface area (Å²) in [5, 5.41) is 1.80. The van der Waals surface area contributed by atoms with Crippen LogP contribution in [0.2, 0.25) is 0 Å². The predicted octanol–water partition coefficient (Wildman–Crippen LogP) is -0.302. The van der Waals surface area contributed by atoms with Crippen molar-refractivity contribution in [3.05, 3.63) is 0 Å². The van der Waals surface area contributed by atoms with Crippen molar-refractivity contribution < 1.29 is 18.0 Å². The summed E-state index contributed by atoms with van der Waals surface area (Å²) in [6, 6.07) is 0. The fraction of sp³-hybridized carbons (Fsp3) is 0.875. The molecular formula is C8H14F3N3O. The Morgan fingerprint density at radius 1 is 1.53 bits per heavy atom. The van der Waals surface area contributed by atoms with Gasteiger partial charge in [0, 0.05) is 18.6 Å². The number of halogens is 3. The fourth-order valence-electron chi connectivity index (χ4n) is 1.54. The van der Waals surface area contributed by atoms with Gasteiger partial charge in [-0.3, -0.25) is 9.69 Å². The van der Waals surface area contributed by atoms with Crippen molar-refractivity contribution in [1.29, 1.82) is 0 Å². The van der Waals surface area contributed by atoms with Crippen LogP contribution in [0.1, 0.15) is 6.92 Å². The van der Waals surface area contributed by atoms with E-state index in [-0.39, 0.29) is 12.1 Å². The molecule has 1 heterocycles. The number of hydrogen-bond acceptors (Lipinski definition) is 3. The molecule has 0 bridgehead atoms. The first kappa shape index (κ1) is 12.3. The molecule has 0 radical (unpaired) electrons. The highest BCUT2D eigenvalue weighted by atomic mass is 19.4. The zero-order valence-corrected chi connectivity index (χ0v) is 8.40. The molecule has 1 rings (SSSR count). The quantitative estimate of drug-likeness (QED) is 0.693. The SMILES string of the molecule is CC1(N)CN(CC(=O)NCC(F)(F)F)C1. The summed E-state index contributed by atoms with van der Waals surface area (Å²) in [5.74, 6) is -0.622. The van der Waals surface area contributed by atoms with Crippen LogP contribution < -0.4 is 11.1 Å². The number of alkyl halides is 3. The molecule has 7 heteroatoms. The van der Waals surface area contributed by atoms with Gasteiger partial charge in [-0.2, -0.15) is 13.2 Å². The van der Waals surface area contributed by atoms with E-state index in [0.29, 0.717) is 13.1 Å². The van der Waals surface area contributed by atoms with Gasteiger partial charge in [-0.25, -0.2) is 0 Å². The summed E-state index contributed by atoms with van der Waals surface area (Å²) < 4.78 is 35.2. The molecule has 1 fully saturated rings. The molecule has 0 atom stereocenters. The molecule has 1 aliphatic rings. The summed E-state index contributed by atoms with van der Waals surface area (Å²) in [6.07, 6.45) is -4.35. The number of nitrogens with two attached hydrogens (primary N) is 1. The van der Waals surface area contributed by atoms with Gasteiger partial charge in [0.05, 0.1) is 6.54 Å². The van der Waals surface area contributed by atoms with Crippen LogP contribution in [0.3, 0.4) is 0 Å². The van der Waals surface area contributed by atoms with Crippen molar-refractivity contribution in [2.45, 2.75) is 18.6 Å². The van der Waals surface area contributed by atoms with Crippen LogP contribution in [0.5, 0.6) is 0 Å². The molecule has 1 saturated heterocycles. The second kappa shape index (κ2) is 3.97. The molecule has 1 amide bonds. The molecule has 0 aliphatic carbocycles. The van der Waals surface area contributed by atoms with Crippen molar-refractivity contribution in [1.82, 2.24) is 10.2 Å². The summed E-state index contributed by atoms with van der Waals surface area (Å²) in [6.45, 7) is 1.60. The Kier molecular flexibility index (Phi) is 3.25. The molecule has 88 valence electrons. The Balaban J connectivity index is 2.16. The fourth-order valence-corrected chi connectivity index (χ4v) is 1.54. The summed E-state index contributed by atoms with van der Waals surface area (Å²) >= 11 is 0. The second-order valence-electron chi connectivity index (χ2n) is 4.19. The molecule has 0 spiro atoms. The zero-order valence-electron chi connectivity index (χ0n) is 8.40. The number of amides is 1. The van der Waals surface area contributed by atoms with Crippen molar-refractivity contribution in [2.75, 3.05) is 26.2 Å². The Hall–Kier alpha value is -0.820. The number of hydrogen-bond donors (Lipinski definition) is 2. The lowest BCUT2D eigenvalue weighted by atomic mass is 9.94. The molecule has 0 unspecified atom stereocenters. The number of likely N-dealkylation sites (tertiary alicyclic amines) is 1. The third-order valence-electron chi connectivity index (χ3n) is 2.02. The average Bonchev–Trinajstić information content (AvgIpc) is 1.96. The Morgan fingerprint density at radius 2 is 2.07 bits per heavy atom. The van der Waals surface area contributed by atoms with Crippen LogP contribution in [-0.4, -0.2) is 48.7 Å². The van der Waals surface area contributed by atoms with Crippen LogP contribution >= 0.6 is 0 Å². The number of carbonyl (C=O) groups excluding carboxylic acids is 1. The van der Waals surface area contributed by atoms with E-state index in [9.17, 15) is 18.0 Å². The summed E-state index contributed by atoms with van der Waals surface area (Å²) in [5.41, 5.74) is 5.36. The molecule has 4 nitrogen and oxygen atoms in total. The third-order valence-corrected chi connectivity index (χ3v) is 2.02. The highest BCUT2D eigenvalue weighted by Crippen LogP contribution is 2.16. The smallest absolute Gasteiger partial charge is 0.346 e. The van der Waals surface area contributed by atoms with E-state index in [1.54, 1.807) is 10.2 Å². The highest BCUT2D eigenvalue weighted by molar-refractivity contribution is 5.78. The largest absolute Gasteiger partial charge is 0.405 e. The number of nitrogens with one attached hydrogen (secondary N) is 1. The van der Waals surface area contributed by atoms with Crippen LogP contribution in [0, 0.1) is 0 Å². The van der Waals surface area contributed by atoms with Crippen LogP contribution in [0.25, 0.3) is 0 Å². The minimum absolute atomic E-state index is 0.0249.